The highest BCUT2D eigenvalue weighted by Gasteiger charge is 2.26. The molecule has 0 radical (unpaired) electrons. The number of halogens is 1. The number of carbonyl (C=O) groups excluding carboxylic acids is 1. The Morgan fingerprint density at radius 1 is 1.44 bits per heavy atom. The lowest BCUT2D eigenvalue weighted by Crippen LogP contribution is -2.36. The molecule has 0 atom stereocenters. The van der Waals surface area contributed by atoms with Crippen molar-refractivity contribution in [3.8, 4) is 0 Å². The predicted octanol–water partition coefficient (Wildman–Crippen LogP) is 1.56. The van der Waals surface area contributed by atoms with Crippen LogP contribution >= 0.6 is 23.1 Å². The van der Waals surface area contributed by atoms with Gasteiger partial charge < -0.3 is 9.64 Å². The molecule has 2 aliphatic rings. The van der Waals surface area contributed by atoms with Crippen molar-refractivity contribution in [2.24, 2.45) is 0 Å². The van der Waals surface area contributed by atoms with Crippen LogP contribution in [0, 0.1) is 0 Å². The number of nitrogens with zero attached hydrogens (tertiary/aromatic N) is 3. The molecule has 0 bridgehead atoms. The van der Waals surface area contributed by atoms with Gasteiger partial charge in [-0.3, -0.25) is 9.21 Å². The lowest BCUT2D eigenvalue weighted by molar-refractivity contribution is 0.0633. The second-order valence-electron chi connectivity index (χ2n) is 4.11. The molecular formula is C11H12ClN3O2S. The van der Waals surface area contributed by atoms with Crippen LogP contribution in [0.2, 0.25) is 0 Å². The van der Waals surface area contributed by atoms with E-state index in [1.54, 1.807) is 4.42 Å². The molecule has 5 nitrogen and oxygen atoms in total. The number of thiazole rings is 1. The Morgan fingerprint density at radius 2 is 2.22 bits per heavy atom. The fourth-order valence-corrected chi connectivity index (χ4v) is 3.31. The fourth-order valence-electron chi connectivity index (χ4n) is 2.14. The molecule has 0 saturated carbocycles. The summed E-state index contributed by atoms with van der Waals surface area (Å²) in [4.78, 5) is 18.4. The van der Waals surface area contributed by atoms with E-state index in [1.807, 2.05) is 6.20 Å². The van der Waals surface area contributed by atoms with Gasteiger partial charge in [-0.15, -0.1) is 11.3 Å². The van der Waals surface area contributed by atoms with E-state index in [0.29, 0.717) is 24.8 Å². The van der Waals surface area contributed by atoms with E-state index in [-0.39, 0.29) is 0 Å². The fraction of sp³-hybridized carbons (Fsp3) is 0.455. The number of morpholine rings is 1. The average molecular weight is 286 g/mol. The van der Waals surface area contributed by atoms with Gasteiger partial charge in [-0.2, -0.15) is 0 Å². The molecule has 0 N–H and O–H groups in total. The smallest absolute Gasteiger partial charge is 0.178 e. The zero-order chi connectivity index (χ0) is 12.5. The van der Waals surface area contributed by atoms with E-state index in [9.17, 15) is 4.79 Å². The summed E-state index contributed by atoms with van der Waals surface area (Å²) in [5.41, 5.74) is 1.87. The normalized spacial score (nSPS) is 19.5. The van der Waals surface area contributed by atoms with Crippen LogP contribution in [-0.2, 0) is 11.3 Å². The third-order valence-electron chi connectivity index (χ3n) is 2.97. The van der Waals surface area contributed by atoms with Gasteiger partial charge in [-0.05, 0) is 0 Å². The minimum Gasteiger partial charge on any atom is -0.378 e. The van der Waals surface area contributed by atoms with Crippen LogP contribution in [0.1, 0.15) is 20.4 Å². The zero-order valence-corrected chi connectivity index (χ0v) is 11.2. The Labute approximate surface area is 114 Å². The number of carbonyl (C=O) groups is 1. The second-order valence-corrected chi connectivity index (χ2v) is 5.66. The average Bonchev–Trinajstić information content (AvgIpc) is 2.81. The monoisotopic (exact) mass is 285 g/mol. The van der Waals surface area contributed by atoms with E-state index >= 15 is 0 Å². The summed E-state index contributed by atoms with van der Waals surface area (Å²) in [6, 6.07) is 0. The summed E-state index contributed by atoms with van der Waals surface area (Å²) in [6.07, 6.45) is 2.67. The van der Waals surface area contributed by atoms with Gasteiger partial charge in [-0.25, -0.2) is 4.98 Å². The van der Waals surface area contributed by atoms with Crippen molar-refractivity contribution in [3.05, 3.63) is 21.8 Å². The third kappa shape index (κ3) is 2.11. The maximum Gasteiger partial charge on any atom is 0.178 e. The van der Waals surface area contributed by atoms with Crippen LogP contribution in [0.5, 0.6) is 0 Å². The minimum atomic E-state index is 0.506. The molecule has 3 rings (SSSR count). The molecule has 96 valence electrons. The van der Waals surface area contributed by atoms with Crippen LogP contribution in [-0.4, -0.2) is 46.9 Å². The van der Waals surface area contributed by atoms with Gasteiger partial charge in [0.2, 0.25) is 0 Å². The summed E-state index contributed by atoms with van der Waals surface area (Å²) in [5.74, 6) is 0. The van der Waals surface area contributed by atoms with Crippen molar-refractivity contribution in [2.75, 3.05) is 26.3 Å². The Hall–Kier alpha value is -1.11. The molecule has 0 aliphatic carbocycles. The molecule has 3 heterocycles. The van der Waals surface area contributed by atoms with Crippen LogP contribution in [0.15, 0.2) is 6.20 Å². The highest BCUT2D eigenvalue weighted by molar-refractivity contribution is 7.13. The van der Waals surface area contributed by atoms with Crippen LogP contribution in [0.25, 0.3) is 5.70 Å². The first-order valence-electron chi connectivity index (χ1n) is 5.70. The first-order chi connectivity index (χ1) is 8.78. The van der Waals surface area contributed by atoms with Gasteiger partial charge in [0.15, 0.2) is 11.3 Å². The quantitative estimate of drug-likeness (QED) is 0.609. The minimum absolute atomic E-state index is 0.506. The molecule has 1 saturated heterocycles. The summed E-state index contributed by atoms with van der Waals surface area (Å²) in [6.45, 7) is 3.66. The molecule has 0 spiro atoms. The SMILES string of the molecule is O=Cc1nc2c(s1)CN(Cl)C=C2N1CCOCC1. The summed E-state index contributed by atoms with van der Waals surface area (Å²) < 4.78 is 6.95. The number of hydrogen-bond donors (Lipinski definition) is 0. The van der Waals surface area contributed by atoms with Crippen LogP contribution in [0.3, 0.4) is 0 Å². The van der Waals surface area contributed by atoms with E-state index in [1.165, 1.54) is 11.3 Å². The summed E-state index contributed by atoms with van der Waals surface area (Å²) >= 11 is 7.50. The van der Waals surface area contributed by atoms with Gasteiger partial charge in [0.1, 0.15) is 5.69 Å². The first-order valence-corrected chi connectivity index (χ1v) is 6.85. The number of aromatic nitrogens is 1. The standard InChI is InChI=1S/C11H12ClN3O2S/c12-15-5-8(14-1-3-17-4-2-14)11-9(6-15)18-10(7-16)13-11/h5,7H,1-4,6H2. The van der Waals surface area contributed by atoms with Crippen molar-refractivity contribution >= 4 is 35.1 Å². The molecule has 2 aliphatic heterocycles. The molecule has 18 heavy (non-hydrogen) atoms. The lowest BCUT2D eigenvalue weighted by atomic mass is 10.2. The number of fused-ring (bicyclic) bond motifs is 1. The maximum absolute atomic E-state index is 10.8. The largest absolute Gasteiger partial charge is 0.378 e. The molecule has 0 amide bonds. The molecule has 0 aromatic carbocycles. The Kier molecular flexibility index (Phi) is 3.23. The molecule has 7 heteroatoms. The molecular weight excluding hydrogens is 274 g/mol. The van der Waals surface area contributed by atoms with E-state index in [4.69, 9.17) is 16.5 Å². The van der Waals surface area contributed by atoms with Gasteiger partial charge in [-0.1, -0.05) is 0 Å². The van der Waals surface area contributed by atoms with Gasteiger partial charge in [0.25, 0.3) is 0 Å². The van der Waals surface area contributed by atoms with Gasteiger partial charge in [0, 0.05) is 31.1 Å². The van der Waals surface area contributed by atoms with Crippen LogP contribution in [0.4, 0.5) is 0 Å². The Morgan fingerprint density at radius 3 is 2.94 bits per heavy atom. The van der Waals surface area contributed by atoms with Crippen molar-refractivity contribution < 1.29 is 9.53 Å². The van der Waals surface area contributed by atoms with Crippen molar-refractivity contribution in [2.45, 2.75) is 6.54 Å². The third-order valence-corrected chi connectivity index (χ3v) is 4.15. The second kappa shape index (κ2) is 4.87. The van der Waals surface area contributed by atoms with E-state index in [0.717, 1.165) is 35.6 Å². The maximum atomic E-state index is 10.8. The number of ether oxygens (including phenoxy) is 1. The Balaban J connectivity index is 1.96. The molecule has 1 aromatic heterocycles. The Bertz CT molecular complexity index is 496. The topological polar surface area (TPSA) is 45.7 Å². The summed E-state index contributed by atoms with van der Waals surface area (Å²) in [7, 11) is 0. The highest BCUT2D eigenvalue weighted by atomic mass is 35.5. The molecule has 1 aromatic rings. The lowest BCUT2D eigenvalue weighted by Gasteiger charge is -2.33. The number of rotatable bonds is 2. The zero-order valence-electron chi connectivity index (χ0n) is 9.63. The predicted molar refractivity (Wildman–Crippen MR) is 69.3 cm³/mol. The molecule has 1 fully saturated rings. The van der Waals surface area contributed by atoms with Crippen molar-refractivity contribution in [1.82, 2.24) is 14.3 Å². The molecule has 0 unspecified atom stereocenters. The summed E-state index contributed by atoms with van der Waals surface area (Å²) in [5, 5.41) is 0.506. The van der Waals surface area contributed by atoms with E-state index < -0.39 is 0 Å². The number of aldehydes is 1. The number of hydrogen-bond acceptors (Lipinski definition) is 6. The first kappa shape index (κ1) is 12.0. The highest BCUT2D eigenvalue weighted by Crippen LogP contribution is 2.33. The van der Waals surface area contributed by atoms with Crippen molar-refractivity contribution in [1.29, 1.82) is 0 Å². The van der Waals surface area contributed by atoms with E-state index in [2.05, 4.69) is 9.88 Å². The van der Waals surface area contributed by atoms with Crippen LogP contribution < -0.4 is 0 Å². The van der Waals surface area contributed by atoms with Gasteiger partial charge in [0.05, 0.1) is 30.3 Å². The van der Waals surface area contributed by atoms with Crippen molar-refractivity contribution in [3.63, 3.8) is 0 Å². The van der Waals surface area contributed by atoms with Gasteiger partial charge >= 0.3 is 0 Å².